The van der Waals surface area contributed by atoms with Crippen LogP contribution < -0.4 is 0 Å². The maximum Gasteiger partial charge on any atom is 0.305 e. The van der Waals surface area contributed by atoms with Crippen molar-refractivity contribution in [2.75, 3.05) is 45.6 Å². The zero-order valence-electron chi connectivity index (χ0n) is 24.1. The van der Waals surface area contributed by atoms with Gasteiger partial charge in [-0.05, 0) is 19.3 Å². The van der Waals surface area contributed by atoms with Gasteiger partial charge >= 0.3 is 5.97 Å². The lowest BCUT2D eigenvalue weighted by Crippen LogP contribution is -2.48. The summed E-state index contributed by atoms with van der Waals surface area (Å²) >= 11 is 0. The molecule has 220 valence electrons. The molecule has 37 heavy (non-hydrogen) atoms. The normalized spacial score (nSPS) is 14.2. The summed E-state index contributed by atoms with van der Waals surface area (Å²) in [4.78, 5) is 28.7. The molecule has 1 fully saturated rings. The number of carbonyl (C=O) groups is 2. The van der Waals surface area contributed by atoms with Crippen LogP contribution in [0.2, 0.25) is 0 Å². The molecule has 0 aromatic heterocycles. The van der Waals surface area contributed by atoms with Crippen LogP contribution in [0.5, 0.6) is 0 Å². The predicted molar refractivity (Wildman–Crippen MR) is 151 cm³/mol. The van der Waals surface area contributed by atoms with Crippen LogP contribution in [0.3, 0.4) is 0 Å². The number of nitrogens with zero attached hydrogens (tertiary/aromatic N) is 2. The minimum Gasteiger partial charge on any atom is -0.466 e. The molecule has 0 radical (unpaired) electrons. The van der Waals surface area contributed by atoms with Gasteiger partial charge in [0.15, 0.2) is 0 Å². The quantitative estimate of drug-likeness (QED) is 0.116. The highest BCUT2D eigenvalue weighted by Gasteiger charge is 2.20. The molecule has 0 saturated carbocycles. The van der Waals surface area contributed by atoms with Gasteiger partial charge in [0.1, 0.15) is 0 Å². The lowest BCUT2D eigenvalue weighted by molar-refractivity contribution is -0.144. The van der Waals surface area contributed by atoms with Crippen molar-refractivity contribution in [1.29, 1.82) is 0 Å². The van der Waals surface area contributed by atoms with E-state index in [4.69, 9.17) is 9.29 Å². The average Bonchev–Trinajstić information content (AvgIpc) is 2.85. The topological polar surface area (TPSA) is 104 Å². The average molecular weight is 549 g/mol. The van der Waals surface area contributed by atoms with Gasteiger partial charge in [-0.15, -0.1) is 0 Å². The molecule has 8 nitrogen and oxygen atoms in total. The van der Waals surface area contributed by atoms with Gasteiger partial charge in [0.05, 0.1) is 12.9 Å². The van der Waals surface area contributed by atoms with E-state index in [-0.39, 0.29) is 5.97 Å². The Morgan fingerprint density at radius 1 is 0.703 bits per heavy atom. The van der Waals surface area contributed by atoms with Crippen LogP contribution in [0.4, 0.5) is 0 Å². The summed E-state index contributed by atoms with van der Waals surface area (Å²) in [5, 5.41) is 0. The number of hydrogen-bond donors (Lipinski definition) is 1. The highest BCUT2D eigenvalue weighted by Crippen LogP contribution is 2.12. The third kappa shape index (κ3) is 26.2. The van der Waals surface area contributed by atoms with Gasteiger partial charge in [0.25, 0.3) is 10.1 Å². The number of rotatable bonds is 20. The lowest BCUT2D eigenvalue weighted by atomic mass is 10.1. The molecule has 1 rings (SSSR count). The van der Waals surface area contributed by atoms with Crippen LogP contribution in [0, 0.1) is 0 Å². The van der Waals surface area contributed by atoms with Crippen LogP contribution >= 0.6 is 0 Å². The van der Waals surface area contributed by atoms with E-state index in [0.717, 1.165) is 58.4 Å². The molecule has 1 amide bonds. The molecule has 0 unspecified atom stereocenters. The van der Waals surface area contributed by atoms with E-state index in [9.17, 15) is 18.0 Å². The van der Waals surface area contributed by atoms with Gasteiger partial charge in [-0.3, -0.25) is 19.0 Å². The summed E-state index contributed by atoms with van der Waals surface area (Å²) in [6.45, 7) is 9.50. The summed E-state index contributed by atoms with van der Waals surface area (Å²) in [5.74, 6) is 0.289. The molecule has 0 aromatic carbocycles. The van der Waals surface area contributed by atoms with Crippen LogP contribution in [0.25, 0.3) is 0 Å². The van der Waals surface area contributed by atoms with Gasteiger partial charge < -0.3 is 9.64 Å². The fourth-order valence-electron chi connectivity index (χ4n) is 4.39. The number of amides is 1. The molecule has 0 spiro atoms. The van der Waals surface area contributed by atoms with Crippen molar-refractivity contribution in [3.8, 4) is 0 Å². The summed E-state index contributed by atoms with van der Waals surface area (Å²) < 4.78 is 31.3. The van der Waals surface area contributed by atoms with Crippen molar-refractivity contribution in [2.24, 2.45) is 0 Å². The Bertz CT molecular complexity index is 656. The van der Waals surface area contributed by atoms with E-state index in [2.05, 4.69) is 18.7 Å². The van der Waals surface area contributed by atoms with Crippen LogP contribution in [-0.2, 0) is 24.4 Å². The number of unbranched alkanes of at least 4 members (excludes halogenated alkanes) is 12. The highest BCUT2D eigenvalue weighted by molar-refractivity contribution is 7.85. The molecule has 1 aliphatic heterocycles. The summed E-state index contributed by atoms with van der Waals surface area (Å²) in [6.07, 6.45) is 20.2. The number of piperazine rings is 1. The largest absolute Gasteiger partial charge is 0.466 e. The molecule has 9 heteroatoms. The monoisotopic (exact) mass is 548 g/mol. The Morgan fingerprint density at radius 2 is 1.14 bits per heavy atom. The number of carbonyl (C=O) groups excluding carboxylic acids is 2. The molecule has 1 aliphatic rings. The zero-order chi connectivity index (χ0) is 27.8. The van der Waals surface area contributed by atoms with Crippen molar-refractivity contribution < 1.29 is 27.3 Å². The van der Waals surface area contributed by atoms with Gasteiger partial charge in [-0.25, -0.2) is 0 Å². The number of hydrogen-bond acceptors (Lipinski definition) is 6. The molecule has 0 aliphatic carbocycles. The molecular formula is C28H56N2O6S. The van der Waals surface area contributed by atoms with Gasteiger partial charge in [-0.2, -0.15) is 8.42 Å². The zero-order valence-corrected chi connectivity index (χ0v) is 24.9. The Morgan fingerprint density at radius 3 is 1.62 bits per heavy atom. The Hall–Kier alpha value is -1.19. The van der Waals surface area contributed by atoms with Crippen LogP contribution in [0.15, 0.2) is 0 Å². The molecule has 0 bridgehead atoms. The van der Waals surface area contributed by atoms with Crippen molar-refractivity contribution >= 4 is 22.0 Å². The standard InChI is InChI=1S/C27H52N2O3.CH4O3S/c1-3-5-7-9-11-13-15-18-26(30)29-23-21-28(22-24-29)20-17-25-32-27(31)19-16-14-12-10-8-6-4-2;1-5(2,3)4/h3-25H2,1-2H3;1H3,(H,2,3,4). The SMILES string of the molecule is CCCCCCCCCC(=O)OCCCN1CCN(C(=O)CCCCCCCCC)CC1.CS(=O)(=O)O. The molecule has 0 aromatic rings. The highest BCUT2D eigenvalue weighted by atomic mass is 32.2. The first-order valence-electron chi connectivity index (χ1n) is 14.8. The first kappa shape index (κ1) is 35.8. The van der Waals surface area contributed by atoms with E-state index in [1.165, 1.54) is 70.6 Å². The fourth-order valence-corrected chi connectivity index (χ4v) is 4.39. The second-order valence-electron chi connectivity index (χ2n) is 10.3. The van der Waals surface area contributed by atoms with E-state index < -0.39 is 10.1 Å². The summed E-state index contributed by atoms with van der Waals surface area (Å²) in [7, 11) is -3.67. The summed E-state index contributed by atoms with van der Waals surface area (Å²) in [5.41, 5.74) is 0. The first-order chi connectivity index (χ1) is 17.7. The molecular weight excluding hydrogens is 492 g/mol. The van der Waals surface area contributed by atoms with Gasteiger partial charge in [0, 0.05) is 45.6 Å². The van der Waals surface area contributed by atoms with Gasteiger partial charge in [0.2, 0.25) is 5.91 Å². The van der Waals surface area contributed by atoms with E-state index in [1.54, 1.807) is 0 Å². The minimum absolute atomic E-state index is 0.0423. The number of esters is 1. The lowest BCUT2D eigenvalue weighted by Gasteiger charge is -2.34. The first-order valence-corrected chi connectivity index (χ1v) is 16.6. The van der Waals surface area contributed by atoms with Crippen molar-refractivity contribution in [1.82, 2.24) is 9.80 Å². The van der Waals surface area contributed by atoms with Crippen molar-refractivity contribution in [3.05, 3.63) is 0 Å². The smallest absolute Gasteiger partial charge is 0.305 e. The summed E-state index contributed by atoms with van der Waals surface area (Å²) in [6, 6.07) is 0. The predicted octanol–water partition coefficient (Wildman–Crippen LogP) is 5.85. The van der Waals surface area contributed by atoms with Crippen molar-refractivity contribution in [3.63, 3.8) is 0 Å². The van der Waals surface area contributed by atoms with Gasteiger partial charge in [-0.1, -0.05) is 90.9 Å². The molecule has 0 atom stereocenters. The van der Waals surface area contributed by atoms with Crippen molar-refractivity contribution in [2.45, 2.75) is 123 Å². The minimum atomic E-state index is -3.67. The maximum absolute atomic E-state index is 12.4. The van der Waals surface area contributed by atoms with E-state index in [1.807, 2.05) is 4.90 Å². The van der Waals surface area contributed by atoms with E-state index >= 15 is 0 Å². The molecule has 1 heterocycles. The van der Waals surface area contributed by atoms with Crippen LogP contribution in [0.1, 0.15) is 123 Å². The third-order valence-electron chi connectivity index (χ3n) is 6.59. The second-order valence-corrected chi connectivity index (χ2v) is 11.7. The molecule has 1 N–H and O–H groups in total. The number of ether oxygens (including phenoxy) is 1. The Labute approximate surface area is 227 Å². The second kappa shape index (κ2) is 23.9. The van der Waals surface area contributed by atoms with E-state index in [0.29, 0.717) is 31.6 Å². The maximum atomic E-state index is 12.4. The Balaban J connectivity index is 0.00000235. The fraction of sp³-hybridized carbons (Fsp3) is 0.929. The van der Waals surface area contributed by atoms with Crippen LogP contribution in [-0.4, -0.2) is 80.2 Å². The third-order valence-corrected chi connectivity index (χ3v) is 6.59. The molecule has 1 saturated heterocycles. The Kier molecular flexibility index (Phi) is 23.1.